The Bertz CT molecular complexity index is 603. The van der Waals surface area contributed by atoms with Crippen molar-refractivity contribution in [3.05, 3.63) is 64.7 Å². The second-order valence-electron chi connectivity index (χ2n) is 5.13. The molecule has 1 aliphatic carbocycles. The minimum absolute atomic E-state index is 0.0323. The van der Waals surface area contributed by atoms with Gasteiger partial charge in [-0.25, -0.2) is 8.78 Å². The highest BCUT2D eigenvalue weighted by Gasteiger charge is 2.32. The predicted octanol–water partition coefficient (Wildman–Crippen LogP) is 4.98. The summed E-state index contributed by atoms with van der Waals surface area (Å²) in [6.45, 7) is 0. The first-order valence-corrected chi connectivity index (χ1v) is 6.98. The van der Waals surface area contributed by atoms with E-state index < -0.39 is 11.6 Å². The molecular weight excluding hydrogens is 280 g/mol. The molecule has 0 amide bonds. The highest BCUT2D eigenvalue weighted by atomic mass is 35.5. The average molecular weight is 294 g/mol. The van der Waals surface area contributed by atoms with Gasteiger partial charge in [0.15, 0.2) is 0 Å². The van der Waals surface area contributed by atoms with Gasteiger partial charge in [0.05, 0.1) is 0 Å². The Balaban J connectivity index is 1.66. The lowest BCUT2D eigenvalue weighted by Crippen LogP contribution is -2.34. The highest BCUT2D eigenvalue weighted by Crippen LogP contribution is 2.41. The SMILES string of the molecule is Fc1cccc(F)c1NC1CC(c2ccccc2Cl)C1. The fourth-order valence-electron chi connectivity index (χ4n) is 2.64. The fraction of sp³-hybridized carbons (Fsp3) is 0.250. The van der Waals surface area contributed by atoms with E-state index in [-0.39, 0.29) is 11.7 Å². The van der Waals surface area contributed by atoms with Gasteiger partial charge in [-0.15, -0.1) is 0 Å². The summed E-state index contributed by atoms with van der Waals surface area (Å²) in [6, 6.07) is 11.7. The standard InChI is InChI=1S/C16H14ClF2N/c17-13-5-2-1-4-12(13)10-8-11(9-10)20-16-14(18)6-3-7-15(16)19/h1-7,10-11,20H,8-9H2. The lowest BCUT2D eigenvalue weighted by Gasteiger charge is -2.37. The van der Waals surface area contributed by atoms with Crippen LogP contribution in [0, 0.1) is 11.6 Å². The first-order chi connectivity index (χ1) is 9.65. The van der Waals surface area contributed by atoms with Crippen LogP contribution in [0.4, 0.5) is 14.5 Å². The van der Waals surface area contributed by atoms with E-state index in [9.17, 15) is 8.78 Å². The van der Waals surface area contributed by atoms with Gasteiger partial charge < -0.3 is 5.32 Å². The van der Waals surface area contributed by atoms with Crippen LogP contribution in [0.15, 0.2) is 42.5 Å². The van der Waals surface area contributed by atoms with Crippen molar-refractivity contribution in [2.24, 2.45) is 0 Å². The number of halogens is 3. The monoisotopic (exact) mass is 293 g/mol. The lowest BCUT2D eigenvalue weighted by atomic mass is 9.75. The molecule has 1 fully saturated rings. The molecule has 1 N–H and O–H groups in total. The van der Waals surface area contributed by atoms with Crippen molar-refractivity contribution in [1.29, 1.82) is 0 Å². The topological polar surface area (TPSA) is 12.0 Å². The molecule has 0 spiro atoms. The van der Waals surface area contributed by atoms with Crippen molar-refractivity contribution in [3.8, 4) is 0 Å². The molecule has 3 rings (SSSR count). The zero-order chi connectivity index (χ0) is 14.1. The van der Waals surface area contributed by atoms with Crippen molar-refractivity contribution in [1.82, 2.24) is 0 Å². The smallest absolute Gasteiger partial charge is 0.149 e. The maximum atomic E-state index is 13.5. The zero-order valence-corrected chi connectivity index (χ0v) is 11.5. The van der Waals surface area contributed by atoms with E-state index in [4.69, 9.17) is 11.6 Å². The zero-order valence-electron chi connectivity index (χ0n) is 10.7. The van der Waals surface area contributed by atoms with Crippen LogP contribution in [0.2, 0.25) is 5.02 Å². The fourth-order valence-corrected chi connectivity index (χ4v) is 2.93. The molecule has 0 bridgehead atoms. The Morgan fingerprint density at radius 3 is 2.25 bits per heavy atom. The molecule has 20 heavy (non-hydrogen) atoms. The van der Waals surface area contributed by atoms with Gasteiger partial charge in [-0.1, -0.05) is 35.9 Å². The second-order valence-corrected chi connectivity index (χ2v) is 5.53. The summed E-state index contributed by atoms with van der Waals surface area (Å²) in [4.78, 5) is 0. The minimum Gasteiger partial charge on any atom is -0.378 e. The van der Waals surface area contributed by atoms with Crippen molar-refractivity contribution in [3.63, 3.8) is 0 Å². The number of para-hydroxylation sites is 1. The molecule has 104 valence electrons. The third-order valence-corrected chi connectivity index (χ3v) is 4.14. The number of anilines is 1. The maximum absolute atomic E-state index is 13.5. The Morgan fingerprint density at radius 2 is 1.60 bits per heavy atom. The normalized spacial score (nSPS) is 21.4. The van der Waals surface area contributed by atoms with Gasteiger partial charge >= 0.3 is 0 Å². The Morgan fingerprint density at radius 1 is 0.950 bits per heavy atom. The summed E-state index contributed by atoms with van der Waals surface area (Å²) in [5, 5.41) is 3.70. The molecule has 1 aliphatic rings. The van der Waals surface area contributed by atoms with Crippen molar-refractivity contribution in [2.75, 3.05) is 5.32 Å². The van der Waals surface area contributed by atoms with Crippen molar-refractivity contribution in [2.45, 2.75) is 24.8 Å². The molecule has 2 aromatic carbocycles. The first-order valence-electron chi connectivity index (χ1n) is 6.60. The summed E-state index contributed by atoms with van der Waals surface area (Å²) >= 11 is 6.15. The molecule has 1 nitrogen and oxygen atoms in total. The van der Waals surface area contributed by atoms with Crippen molar-refractivity contribution >= 4 is 17.3 Å². The second kappa shape index (κ2) is 5.41. The number of nitrogens with one attached hydrogen (secondary N) is 1. The molecular formula is C16H14ClF2N. The van der Waals surface area contributed by atoms with E-state index in [2.05, 4.69) is 5.32 Å². The minimum atomic E-state index is -0.550. The molecule has 0 aromatic heterocycles. The van der Waals surface area contributed by atoms with Gasteiger partial charge in [-0.3, -0.25) is 0 Å². The number of benzene rings is 2. The third kappa shape index (κ3) is 2.50. The first kappa shape index (κ1) is 13.4. The van der Waals surface area contributed by atoms with Crippen molar-refractivity contribution < 1.29 is 8.78 Å². The third-order valence-electron chi connectivity index (χ3n) is 3.79. The molecule has 0 saturated heterocycles. The highest BCUT2D eigenvalue weighted by molar-refractivity contribution is 6.31. The van der Waals surface area contributed by atoms with Crippen LogP contribution in [0.3, 0.4) is 0 Å². The summed E-state index contributed by atoms with van der Waals surface area (Å²) in [6.07, 6.45) is 1.66. The van der Waals surface area contributed by atoms with Crippen LogP contribution < -0.4 is 5.32 Å². The molecule has 0 aliphatic heterocycles. The van der Waals surface area contributed by atoms with Crippen LogP contribution in [-0.4, -0.2) is 6.04 Å². The van der Waals surface area contributed by atoms with Gasteiger partial charge in [-0.2, -0.15) is 0 Å². The van der Waals surface area contributed by atoms with Gasteiger partial charge in [0.2, 0.25) is 0 Å². The molecule has 0 radical (unpaired) electrons. The summed E-state index contributed by atoms with van der Waals surface area (Å²) in [7, 11) is 0. The van der Waals surface area contributed by atoms with Gasteiger partial charge in [0, 0.05) is 11.1 Å². The van der Waals surface area contributed by atoms with Gasteiger partial charge in [-0.05, 0) is 42.5 Å². The molecule has 0 atom stereocenters. The van der Waals surface area contributed by atoms with E-state index in [1.165, 1.54) is 18.2 Å². The van der Waals surface area contributed by atoms with Crippen LogP contribution in [0.25, 0.3) is 0 Å². The van der Waals surface area contributed by atoms with Gasteiger partial charge in [0.1, 0.15) is 17.3 Å². The number of hydrogen-bond donors (Lipinski definition) is 1. The van der Waals surface area contributed by atoms with Crippen LogP contribution in [0.1, 0.15) is 24.3 Å². The summed E-state index contributed by atoms with van der Waals surface area (Å²) in [5.41, 5.74) is 1.08. The quantitative estimate of drug-likeness (QED) is 0.842. The van der Waals surface area contributed by atoms with E-state index >= 15 is 0 Å². The largest absolute Gasteiger partial charge is 0.378 e. The van der Waals surface area contributed by atoms with Crippen LogP contribution >= 0.6 is 11.6 Å². The summed E-state index contributed by atoms with van der Waals surface area (Å²) in [5.74, 6) is -0.742. The van der Waals surface area contributed by atoms with E-state index in [1.54, 1.807) is 0 Å². The number of hydrogen-bond acceptors (Lipinski definition) is 1. The number of rotatable bonds is 3. The molecule has 0 heterocycles. The molecule has 4 heteroatoms. The van der Waals surface area contributed by atoms with E-state index in [1.807, 2.05) is 24.3 Å². The van der Waals surface area contributed by atoms with Crippen LogP contribution in [-0.2, 0) is 0 Å². The van der Waals surface area contributed by atoms with Gasteiger partial charge in [0.25, 0.3) is 0 Å². The van der Waals surface area contributed by atoms with E-state index in [0.29, 0.717) is 5.92 Å². The Hall–Kier alpha value is -1.61. The van der Waals surface area contributed by atoms with E-state index in [0.717, 1.165) is 23.4 Å². The Labute approximate surface area is 121 Å². The summed E-state index contributed by atoms with van der Waals surface area (Å²) < 4.78 is 27.1. The molecule has 2 aromatic rings. The lowest BCUT2D eigenvalue weighted by molar-refractivity contribution is 0.371. The average Bonchev–Trinajstić information content (AvgIpc) is 2.37. The molecule has 1 saturated carbocycles. The van der Waals surface area contributed by atoms with Crippen LogP contribution in [0.5, 0.6) is 0 Å². The Kier molecular flexibility index (Phi) is 3.62. The predicted molar refractivity (Wildman–Crippen MR) is 77.2 cm³/mol. The maximum Gasteiger partial charge on any atom is 0.149 e. The molecule has 0 unspecified atom stereocenters.